The molecule has 3 rings (SSSR count). The van der Waals surface area contributed by atoms with Gasteiger partial charge in [0.05, 0.1) is 12.2 Å². The molecule has 7 nitrogen and oxygen atoms in total. The molecule has 0 spiro atoms. The van der Waals surface area contributed by atoms with Gasteiger partial charge in [-0.1, -0.05) is 0 Å². The van der Waals surface area contributed by atoms with Crippen LogP contribution in [0.15, 0.2) is 30.3 Å². The van der Waals surface area contributed by atoms with Gasteiger partial charge in [-0.15, -0.1) is 0 Å². The van der Waals surface area contributed by atoms with Gasteiger partial charge in [0.2, 0.25) is 11.8 Å². The van der Waals surface area contributed by atoms with Crippen LogP contribution in [0.3, 0.4) is 0 Å². The van der Waals surface area contributed by atoms with Crippen LogP contribution in [0.2, 0.25) is 0 Å². The second-order valence-electron chi connectivity index (χ2n) is 6.79. The Morgan fingerprint density at radius 2 is 1.93 bits per heavy atom. The minimum absolute atomic E-state index is 0.0214. The van der Waals surface area contributed by atoms with E-state index in [9.17, 15) is 14.0 Å². The molecule has 0 unspecified atom stereocenters. The standard InChI is InChI=1S/C19H24FN5O2/c1-13(26)21-12-19(27)22-11-14-6-8-25(9-7-14)18-10-17(23-24-18)15-2-4-16(20)5-3-15/h2-5,10,14H,6-9,11-12H2,1H3,(H,21,26)(H,22,27)(H,23,24). The SMILES string of the molecule is CC(=O)NCC(=O)NCC1CCN(c2cc(-c3ccc(F)cc3)[nH]n2)CC1. The molecule has 1 fully saturated rings. The first-order chi connectivity index (χ1) is 13.0. The molecule has 2 heterocycles. The van der Waals surface area contributed by atoms with Crippen molar-refractivity contribution in [1.82, 2.24) is 20.8 Å². The number of benzene rings is 1. The van der Waals surface area contributed by atoms with E-state index in [1.165, 1.54) is 19.1 Å². The summed E-state index contributed by atoms with van der Waals surface area (Å²) in [5.41, 5.74) is 1.75. The lowest BCUT2D eigenvalue weighted by Gasteiger charge is -2.32. The molecule has 1 saturated heterocycles. The number of halogens is 1. The number of nitrogens with one attached hydrogen (secondary N) is 3. The zero-order valence-corrected chi connectivity index (χ0v) is 15.3. The van der Waals surface area contributed by atoms with Gasteiger partial charge in [-0.3, -0.25) is 14.7 Å². The van der Waals surface area contributed by atoms with E-state index in [0.29, 0.717) is 12.5 Å². The van der Waals surface area contributed by atoms with E-state index in [1.807, 2.05) is 6.07 Å². The van der Waals surface area contributed by atoms with Gasteiger partial charge in [-0.05, 0) is 48.6 Å². The Bertz CT molecular complexity index is 782. The normalized spacial score (nSPS) is 14.8. The van der Waals surface area contributed by atoms with Gasteiger partial charge < -0.3 is 15.5 Å². The van der Waals surface area contributed by atoms with Crippen LogP contribution < -0.4 is 15.5 Å². The van der Waals surface area contributed by atoms with Crippen LogP contribution in [0.25, 0.3) is 11.3 Å². The van der Waals surface area contributed by atoms with Gasteiger partial charge >= 0.3 is 0 Å². The molecule has 2 amide bonds. The van der Waals surface area contributed by atoms with E-state index in [0.717, 1.165) is 43.0 Å². The number of amides is 2. The van der Waals surface area contributed by atoms with Gasteiger partial charge in [-0.25, -0.2) is 4.39 Å². The quantitative estimate of drug-likeness (QED) is 0.719. The van der Waals surface area contributed by atoms with E-state index in [-0.39, 0.29) is 24.2 Å². The van der Waals surface area contributed by atoms with Gasteiger partial charge in [0.25, 0.3) is 0 Å². The van der Waals surface area contributed by atoms with Crippen LogP contribution in [-0.4, -0.2) is 48.2 Å². The van der Waals surface area contributed by atoms with Crippen molar-refractivity contribution >= 4 is 17.6 Å². The summed E-state index contributed by atoms with van der Waals surface area (Å²) in [5.74, 6) is 0.659. The van der Waals surface area contributed by atoms with E-state index in [2.05, 4.69) is 25.7 Å². The van der Waals surface area contributed by atoms with E-state index in [4.69, 9.17) is 0 Å². The summed E-state index contributed by atoms with van der Waals surface area (Å²) < 4.78 is 13.0. The zero-order valence-electron chi connectivity index (χ0n) is 15.3. The molecule has 1 aromatic carbocycles. The van der Waals surface area contributed by atoms with Crippen LogP contribution in [0.4, 0.5) is 10.2 Å². The van der Waals surface area contributed by atoms with Crippen LogP contribution >= 0.6 is 0 Å². The molecule has 1 aliphatic rings. The van der Waals surface area contributed by atoms with Gasteiger partial charge in [-0.2, -0.15) is 5.10 Å². The lowest BCUT2D eigenvalue weighted by molar-refractivity contribution is -0.125. The lowest BCUT2D eigenvalue weighted by atomic mass is 9.97. The summed E-state index contributed by atoms with van der Waals surface area (Å²) in [4.78, 5) is 24.7. The van der Waals surface area contributed by atoms with Crippen molar-refractivity contribution in [3.05, 3.63) is 36.1 Å². The van der Waals surface area contributed by atoms with Gasteiger partial charge in [0.1, 0.15) is 5.82 Å². The highest BCUT2D eigenvalue weighted by atomic mass is 19.1. The van der Waals surface area contributed by atoms with Crippen molar-refractivity contribution in [2.75, 3.05) is 31.1 Å². The van der Waals surface area contributed by atoms with Crippen LogP contribution in [0.1, 0.15) is 19.8 Å². The first-order valence-corrected chi connectivity index (χ1v) is 9.08. The van der Waals surface area contributed by atoms with Gasteiger partial charge in [0.15, 0.2) is 5.82 Å². The minimum atomic E-state index is -0.260. The maximum absolute atomic E-state index is 13.0. The number of H-pyrrole nitrogens is 1. The van der Waals surface area contributed by atoms with Crippen LogP contribution in [-0.2, 0) is 9.59 Å². The summed E-state index contributed by atoms with van der Waals surface area (Å²) in [7, 11) is 0. The second-order valence-corrected chi connectivity index (χ2v) is 6.79. The third-order valence-corrected chi connectivity index (χ3v) is 4.74. The Balaban J connectivity index is 1.46. The summed E-state index contributed by atoms with van der Waals surface area (Å²) in [6.07, 6.45) is 1.91. The molecule has 27 heavy (non-hydrogen) atoms. The Labute approximate surface area is 157 Å². The molecule has 144 valence electrons. The molecule has 0 radical (unpaired) electrons. The fraction of sp³-hybridized carbons (Fsp3) is 0.421. The summed E-state index contributed by atoms with van der Waals surface area (Å²) >= 11 is 0. The number of nitrogens with zero attached hydrogens (tertiary/aromatic N) is 2. The number of hydrogen-bond donors (Lipinski definition) is 3. The van der Waals surface area contributed by atoms with Crippen molar-refractivity contribution < 1.29 is 14.0 Å². The molecule has 1 aliphatic heterocycles. The van der Waals surface area contributed by atoms with E-state index >= 15 is 0 Å². The predicted octanol–water partition coefficient (Wildman–Crippen LogP) is 1.68. The fourth-order valence-electron chi connectivity index (χ4n) is 3.14. The minimum Gasteiger partial charge on any atom is -0.355 e. The first-order valence-electron chi connectivity index (χ1n) is 9.08. The second kappa shape index (κ2) is 8.66. The number of carbonyl (C=O) groups is 2. The number of carbonyl (C=O) groups excluding carboxylic acids is 2. The molecule has 0 aliphatic carbocycles. The molecular formula is C19H24FN5O2. The largest absolute Gasteiger partial charge is 0.355 e. The predicted molar refractivity (Wildman–Crippen MR) is 101 cm³/mol. The smallest absolute Gasteiger partial charge is 0.239 e. The number of piperidine rings is 1. The average Bonchev–Trinajstić information content (AvgIpc) is 3.16. The first kappa shape index (κ1) is 18.9. The Hall–Kier alpha value is -2.90. The molecule has 0 atom stereocenters. The fourth-order valence-corrected chi connectivity index (χ4v) is 3.14. The monoisotopic (exact) mass is 373 g/mol. The Morgan fingerprint density at radius 1 is 1.22 bits per heavy atom. The molecule has 8 heteroatoms. The summed E-state index contributed by atoms with van der Waals surface area (Å²) in [5, 5.41) is 12.7. The summed E-state index contributed by atoms with van der Waals surface area (Å²) in [6.45, 7) is 3.75. The third-order valence-electron chi connectivity index (χ3n) is 4.74. The van der Waals surface area contributed by atoms with Crippen molar-refractivity contribution in [3.63, 3.8) is 0 Å². The van der Waals surface area contributed by atoms with Crippen molar-refractivity contribution in [2.45, 2.75) is 19.8 Å². The molecule has 2 aromatic rings. The zero-order chi connectivity index (χ0) is 19.2. The van der Waals surface area contributed by atoms with E-state index in [1.54, 1.807) is 12.1 Å². The topological polar surface area (TPSA) is 90.1 Å². The molecule has 1 aromatic heterocycles. The van der Waals surface area contributed by atoms with Crippen LogP contribution in [0, 0.1) is 11.7 Å². The Kier molecular flexibility index (Phi) is 6.05. The van der Waals surface area contributed by atoms with Crippen molar-refractivity contribution in [2.24, 2.45) is 5.92 Å². The van der Waals surface area contributed by atoms with Crippen molar-refractivity contribution in [1.29, 1.82) is 0 Å². The number of anilines is 1. The average molecular weight is 373 g/mol. The number of hydrogen-bond acceptors (Lipinski definition) is 4. The molecular weight excluding hydrogens is 349 g/mol. The molecule has 0 saturated carbocycles. The molecule has 0 bridgehead atoms. The summed E-state index contributed by atoms with van der Waals surface area (Å²) in [6, 6.07) is 8.29. The van der Waals surface area contributed by atoms with Crippen molar-refractivity contribution in [3.8, 4) is 11.3 Å². The maximum Gasteiger partial charge on any atom is 0.239 e. The highest BCUT2D eigenvalue weighted by Gasteiger charge is 2.21. The highest BCUT2D eigenvalue weighted by Crippen LogP contribution is 2.25. The maximum atomic E-state index is 13.0. The number of rotatable bonds is 6. The molecule has 3 N–H and O–H groups in total. The van der Waals surface area contributed by atoms with Crippen LogP contribution in [0.5, 0.6) is 0 Å². The highest BCUT2D eigenvalue weighted by molar-refractivity contribution is 5.83. The third kappa shape index (κ3) is 5.29. The number of aromatic amines is 1. The van der Waals surface area contributed by atoms with E-state index < -0.39 is 0 Å². The lowest BCUT2D eigenvalue weighted by Crippen LogP contribution is -2.41. The Morgan fingerprint density at radius 3 is 2.59 bits per heavy atom. The number of aromatic nitrogens is 2. The van der Waals surface area contributed by atoms with Gasteiger partial charge in [0, 0.05) is 32.6 Å².